The summed E-state index contributed by atoms with van der Waals surface area (Å²) < 4.78 is 7.80. The van der Waals surface area contributed by atoms with Gasteiger partial charge in [-0.2, -0.15) is 5.10 Å². The minimum Gasteiger partial charge on any atom is -0.382 e. The molecular formula is C20H22N4O2S. The second-order valence-electron chi connectivity index (χ2n) is 6.51. The third kappa shape index (κ3) is 3.52. The van der Waals surface area contributed by atoms with Crippen LogP contribution in [0.4, 0.5) is 5.82 Å². The van der Waals surface area contributed by atoms with Crippen molar-refractivity contribution < 1.29 is 9.53 Å². The van der Waals surface area contributed by atoms with Gasteiger partial charge in [0.15, 0.2) is 12.0 Å². The molecule has 1 amide bonds. The average molecular weight is 382 g/mol. The lowest BCUT2D eigenvalue weighted by Gasteiger charge is -2.23. The second-order valence-corrected chi connectivity index (χ2v) is 7.62. The lowest BCUT2D eigenvalue weighted by atomic mass is 10.2. The molecule has 1 aliphatic rings. The van der Waals surface area contributed by atoms with E-state index in [4.69, 9.17) is 10.5 Å². The van der Waals surface area contributed by atoms with Gasteiger partial charge in [0.05, 0.1) is 11.1 Å². The van der Waals surface area contributed by atoms with Crippen LogP contribution in [0.1, 0.15) is 35.8 Å². The molecule has 1 fully saturated rings. The Morgan fingerprint density at radius 3 is 2.93 bits per heavy atom. The van der Waals surface area contributed by atoms with Crippen LogP contribution in [0, 0.1) is 0 Å². The molecule has 0 radical (unpaired) electrons. The van der Waals surface area contributed by atoms with E-state index in [1.54, 1.807) is 18.8 Å². The smallest absolute Gasteiger partial charge is 0.252 e. The molecule has 3 aromatic rings. The quantitative estimate of drug-likeness (QED) is 0.717. The van der Waals surface area contributed by atoms with E-state index in [0.29, 0.717) is 11.4 Å². The van der Waals surface area contributed by atoms with E-state index in [1.165, 1.54) is 0 Å². The molecule has 2 heterocycles. The number of nitrogens with one attached hydrogen (secondary N) is 1. The molecule has 6 nitrogen and oxygen atoms in total. The average Bonchev–Trinajstić information content (AvgIpc) is 3.04. The molecule has 2 aromatic carbocycles. The van der Waals surface area contributed by atoms with Crippen molar-refractivity contribution in [2.24, 2.45) is 0 Å². The molecule has 0 bridgehead atoms. The lowest BCUT2D eigenvalue weighted by Crippen LogP contribution is -2.19. The van der Waals surface area contributed by atoms with Crippen molar-refractivity contribution in [1.82, 2.24) is 15.1 Å². The van der Waals surface area contributed by atoms with Crippen molar-refractivity contribution in [3.63, 3.8) is 0 Å². The number of anilines is 1. The minimum absolute atomic E-state index is 0.0723. The van der Waals surface area contributed by atoms with Gasteiger partial charge in [-0.1, -0.05) is 23.9 Å². The zero-order valence-electron chi connectivity index (χ0n) is 15.1. The summed E-state index contributed by atoms with van der Waals surface area (Å²) in [6, 6.07) is 13.7. The van der Waals surface area contributed by atoms with Gasteiger partial charge in [0.1, 0.15) is 0 Å². The molecule has 1 unspecified atom stereocenters. The number of nitrogens with zero attached hydrogens (tertiary/aromatic N) is 2. The van der Waals surface area contributed by atoms with Crippen LogP contribution in [0.25, 0.3) is 10.9 Å². The number of rotatable bonds is 4. The molecule has 1 aliphatic heterocycles. The normalized spacial score (nSPS) is 17.1. The topological polar surface area (TPSA) is 82.2 Å². The van der Waals surface area contributed by atoms with Crippen LogP contribution in [0.2, 0.25) is 0 Å². The van der Waals surface area contributed by atoms with Gasteiger partial charge in [-0.05, 0) is 49.6 Å². The molecular weight excluding hydrogens is 360 g/mol. The van der Waals surface area contributed by atoms with E-state index in [-0.39, 0.29) is 12.1 Å². The number of carbonyl (C=O) groups is 1. The van der Waals surface area contributed by atoms with Crippen molar-refractivity contribution in [2.75, 3.05) is 19.4 Å². The number of carbonyl (C=O) groups excluding carboxylic acids is 1. The van der Waals surface area contributed by atoms with Crippen LogP contribution in [0.3, 0.4) is 0 Å². The maximum absolute atomic E-state index is 12.1. The van der Waals surface area contributed by atoms with Crippen molar-refractivity contribution in [3.8, 4) is 0 Å². The fourth-order valence-corrected chi connectivity index (χ4v) is 4.32. The molecule has 0 saturated carbocycles. The number of ether oxygens (including phenoxy) is 1. The number of nitrogens with two attached hydrogens (primary N) is 1. The van der Waals surface area contributed by atoms with Crippen LogP contribution in [0.15, 0.2) is 52.3 Å². The predicted octanol–water partition coefficient (Wildman–Crippen LogP) is 3.83. The zero-order valence-corrected chi connectivity index (χ0v) is 16.0. The minimum atomic E-state index is -0.0935. The standard InChI is InChI=1S/C20H22N4O2S/c1-22-20(25)15-6-2-3-7-17(15)27-13-9-10-14-16(12-13)24(23-19(14)21)18-8-4-5-11-26-18/h2-3,6-7,9-10,12,18H,4-5,8,11H2,1H3,(H2,21,23)(H,22,25). The number of nitrogen functional groups attached to an aromatic ring is 1. The first-order valence-electron chi connectivity index (χ1n) is 9.05. The molecule has 0 spiro atoms. The van der Waals surface area contributed by atoms with Crippen LogP contribution in [0.5, 0.6) is 0 Å². The number of amides is 1. The second kappa shape index (κ2) is 7.62. The molecule has 1 aromatic heterocycles. The van der Waals surface area contributed by atoms with Gasteiger partial charge in [0.25, 0.3) is 5.91 Å². The molecule has 140 valence electrons. The van der Waals surface area contributed by atoms with Gasteiger partial charge in [-0.3, -0.25) is 4.79 Å². The van der Waals surface area contributed by atoms with E-state index in [2.05, 4.69) is 16.5 Å². The van der Waals surface area contributed by atoms with Gasteiger partial charge in [-0.15, -0.1) is 0 Å². The fraction of sp³-hybridized carbons (Fsp3) is 0.300. The first-order valence-corrected chi connectivity index (χ1v) is 9.87. The van der Waals surface area contributed by atoms with Crippen LogP contribution < -0.4 is 11.1 Å². The van der Waals surface area contributed by atoms with E-state index in [9.17, 15) is 4.79 Å². The van der Waals surface area contributed by atoms with Crippen LogP contribution >= 0.6 is 11.8 Å². The number of benzene rings is 2. The van der Waals surface area contributed by atoms with Gasteiger partial charge in [0, 0.05) is 28.8 Å². The van der Waals surface area contributed by atoms with E-state index < -0.39 is 0 Å². The van der Waals surface area contributed by atoms with Gasteiger partial charge < -0.3 is 15.8 Å². The molecule has 27 heavy (non-hydrogen) atoms. The Bertz CT molecular complexity index is 979. The van der Waals surface area contributed by atoms with Crippen molar-refractivity contribution in [1.29, 1.82) is 0 Å². The van der Waals surface area contributed by atoms with Crippen molar-refractivity contribution >= 4 is 34.4 Å². The maximum Gasteiger partial charge on any atom is 0.252 e. The van der Waals surface area contributed by atoms with Gasteiger partial charge in [-0.25, -0.2) is 4.68 Å². The van der Waals surface area contributed by atoms with Crippen LogP contribution in [-0.4, -0.2) is 29.3 Å². The summed E-state index contributed by atoms with van der Waals surface area (Å²) in [7, 11) is 1.64. The van der Waals surface area contributed by atoms with E-state index in [1.807, 2.05) is 41.1 Å². The molecule has 1 atom stereocenters. The molecule has 0 aliphatic carbocycles. The first kappa shape index (κ1) is 17.9. The summed E-state index contributed by atoms with van der Waals surface area (Å²) in [4.78, 5) is 14.1. The fourth-order valence-electron chi connectivity index (χ4n) is 3.35. The van der Waals surface area contributed by atoms with Crippen LogP contribution in [-0.2, 0) is 4.74 Å². The number of fused-ring (bicyclic) bond motifs is 1. The summed E-state index contributed by atoms with van der Waals surface area (Å²) in [6.45, 7) is 0.750. The van der Waals surface area contributed by atoms with Gasteiger partial charge in [0.2, 0.25) is 0 Å². The Hall–Kier alpha value is -2.51. The molecule has 7 heteroatoms. The highest BCUT2D eigenvalue weighted by molar-refractivity contribution is 7.99. The van der Waals surface area contributed by atoms with Crippen molar-refractivity contribution in [2.45, 2.75) is 35.3 Å². The zero-order chi connectivity index (χ0) is 18.8. The number of aromatic nitrogens is 2. The predicted molar refractivity (Wildman–Crippen MR) is 107 cm³/mol. The Morgan fingerprint density at radius 2 is 2.15 bits per heavy atom. The lowest BCUT2D eigenvalue weighted by molar-refractivity contribution is -0.0365. The SMILES string of the molecule is CNC(=O)c1ccccc1Sc1ccc2c(N)nn(C3CCCCO3)c2c1. The first-order chi connectivity index (χ1) is 13.2. The maximum atomic E-state index is 12.1. The third-order valence-electron chi connectivity index (χ3n) is 4.72. The third-order valence-corrected chi connectivity index (χ3v) is 5.79. The monoisotopic (exact) mass is 382 g/mol. The number of hydrogen-bond acceptors (Lipinski definition) is 5. The summed E-state index contributed by atoms with van der Waals surface area (Å²) in [5, 5.41) is 8.13. The number of hydrogen-bond donors (Lipinski definition) is 2. The Kier molecular flexibility index (Phi) is 5.05. The van der Waals surface area contributed by atoms with E-state index >= 15 is 0 Å². The van der Waals surface area contributed by atoms with E-state index in [0.717, 1.165) is 46.6 Å². The van der Waals surface area contributed by atoms with Gasteiger partial charge >= 0.3 is 0 Å². The molecule has 4 rings (SSSR count). The molecule has 1 saturated heterocycles. The largest absolute Gasteiger partial charge is 0.382 e. The summed E-state index contributed by atoms with van der Waals surface area (Å²) in [5.74, 6) is 0.422. The highest BCUT2D eigenvalue weighted by Crippen LogP contribution is 2.35. The summed E-state index contributed by atoms with van der Waals surface area (Å²) in [6.07, 6.45) is 3.08. The van der Waals surface area contributed by atoms with Crippen molar-refractivity contribution in [3.05, 3.63) is 48.0 Å². The summed E-state index contributed by atoms with van der Waals surface area (Å²) >= 11 is 1.55. The summed E-state index contributed by atoms with van der Waals surface area (Å²) in [5.41, 5.74) is 7.74. The Morgan fingerprint density at radius 1 is 1.30 bits per heavy atom. The Balaban J connectivity index is 1.71. The molecule has 3 N–H and O–H groups in total. The highest BCUT2D eigenvalue weighted by Gasteiger charge is 2.21. The Labute approximate surface area is 162 Å². The highest BCUT2D eigenvalue weighted by atomic mass is 32.2.